The highest BCUT2D eigenvalue weighted by atomic mass is 32.2. The Morgan fingerprint density at radius 2 is 1.85 bits per heavy atom. The van der Waals surface area contributed by atoms with E-state index in [1.807, 2.05) is 0 Å². The zero-order chi connectivity index (χ0) is 15.4. The van der Waals surface area contributed by atoms with Gasteiger partial charge in [0.1, 0.15) is 9.84 Å². The van der Waals surface area contributed by atoms with E-state index in [0.717, 1.165) is 6.07 Å². The fourth-order valence-electron chi connectivity index (χ4n) is 1.90. The van der Waals surface area contributed by atoms with Crippen LogP contribution in [0.5, 0.6) is 0 Å². The van der Waals surface area contributed by atoms with Gasteiger partial charge in [0.2, 0.25) is 0 Å². The molecule has 0 aliphatic carbocycles. The van der Waals surface area contributed by atoms with Gasteiger partial charge in [-0.2, -0.15) is 13.2 Å². The van der Waals surface area contributed by atoms with Gasteiger partial charge < -0.3 is 5.73 Å². The van der Waals surface area contributed by atoms with E-state index in [0.29, 0.717) is 0 Å². The van der Waals surface area contributed by atoms with Crippen molar-refractivity contribution in [2.75, 3.05) is 11.5 Å². The van der Waals surface area contributed by atoms with Gasteiger partial charge in [0.25, 0.3) is 0 Å². The van der Waals surface area contributed by atoms with Gasteiger partial charge in [0.15, 0.2) is 0 Å². The summed E-state index contributed by atoms with van der Waals surface area (Å²) in [5.41, 5.74) is 5.02. The van der Waals surface area contributed by atoms with Crippen molar-refractivity contribution in [1.82, 2.24) is 0 Å². The zero-order valence-corrected chi connectivity index (χ0v) is 12.0. The zero-order valence-electron chi connectivity index (χ0n) is 11.2. The predicted octanol–water partition coefficient (Wildman–Crippen LogP) is 2.92. The average molecular weight is 309 g/mol. The minimum absolute atomic E-state index is 0.00824. The van der Waals surface area contributed by atoms with Crippen LogP contribution < -0.4 is 5.73 Å². The Morgan fingerprint density at radius 1 is 1.25 bits per heavy atom. The third-order valence-electron chi connectivity index (χ3n) is 3.08. The van der Waals surface area contributed by atoms with Crippen molar-refractivity contribution in [1.29, 1.82) is 0 Å². The number of hydrogen-bond acceptors (Lipinski definition) is 3. The number of halogens is 3. The Bertz CT molecular complexity index is 541. The molecule has 0 amide bonds. The summed E-state index contributed by atoms with van der Waals surface area (Å²) in [5.74, 6) is -0.0211. The number of sulfone groups is 1. The summed E-state index contributed by atoms with van der Waals surface area (Å²) in [4.78, 5) is 0. The highest BCUT2D eigenvalue weighted by molar-refractivity contribution is 7.91. The summed E-state index contributed by atoms with van der Waals surface area (Å²) in [5, 5.41) is 0. The lowest BCUT2D eigenvalue weighted by Gasteiger charge is -2.18. The van der Waals surface area contributed by atoms with Crippen molar-refractivity contribution < 1.29 is 21.6 Å². The van der Waals surface area contributed by atoms with Crippen molar-refractivity contribution in [3.8, 4) is 0 Å². The van der Waals surface area contributed by atoms with Crippen molar-refractivity contribution in [2.45, 2.75) is 32.0 Å². The minimum Gasteiger partial charge on any atom is -0.324 e. The molecule has 1 rings (SSSR count). The third-order valence-corrected chi connectivity index (χ3v) is 4.87. The van der Waals surface area contributed by atoms with Crippen LogP contribution in [0.2, 0.25) is 0 Å². The van der Waals surface area contributed by atoms with Crippen LogP contribution in [0, 0.1) is 0 Å². The van der Waals surface area contributed by atoms with Gasteiger partial charge in [0, 0.05) is 11.8 Å². The molecule has 20 heavy (non-hydrogen) atoms. The smallest absolute Gasteiger partial charge is 0.324 e. The average Bonchev–Trinajstić information content (AvgIpc) is 2.37. The second kappa shape index (κ2) is 6.58. The van der Waals surface area contributed by atoms with Crippen LogP contribution in [0.3, 0.4) is 0 Å². The van der Waals surface area contributed by atoms with Gasteiger partial charge in [-0.3, -0.25) is 0 Å². The molecule has 0 aromatic heterocycles. The van der Waals surface area contributed by atoms with Crippen LogP contribution in [0.15, 0.2) is 24.3 Å². The molecule has 0 heterocycles. The molecule has 0 spiro atoms. The second-order valence-electron chi connectivity index (χ2n) is 4.57. The van der Waals surface area contributed by atoms with E-state index in [2.05, 4.69) is 0 Å². The quantitative estimate of drug-likeness (QED) is 0.879. The van der Waals surface area contributed by atoms with Crippen molar-refractivity contribution in [3.05, 3.63) is 35.4 Å². The molecule has 114 valence electrons. The summed E-state index contributed by atoms with van der Waals surface area (Å²) in [6.45, 7) is 1.54. The van der Waals surface area contributed by atoms with Crippen LogP contribution in [-0.4, -0.2) is 19.9 Å². The van der Waals surface area contributed by atoms with Gasteiger partial charge in [0.05, 0.1) is 11.3 Å². The Balaban J connectivity index is 2.76. The molecule has 0 fully saturated rings. The number of nitrogens with two attached hydrogens (primary N) is 1. The molecule has 7 heteroatoms. The minimum atomic E-state index is -4.45. The second-order valence-corrected chi connectivity index (χ2v) is 7.04. The van der Waals surface area contributed by atoms with Crippen LogP contribution in [-0.2, 0) is 16.0 Å². The summed E-state index contributed by atoms with van der Waals surface area (Å²) in [7, 11) is -3.11. The van der Waals surface area contributed by atoms with Crippen LogP contribution in [0.25, 0.3) is 0 Å². The van der Waals surface area contributed by atoms with E-state index in [-0.39, 0.29) is 29.9 Å². The van der Waals surface area contributed by atoms with E-state index in [1.54, 1.807) is 0 Å². The predicted molar refractivity (Wildman–Crippen MR) is 71.9 cm³/mol. The van der Waals surface area contributed by atoms with E-state index in [1.165, 1.54) is 25.1 Å². The Morgan fingerprint density at radius 3 is 2.40 bits per heavy atom. The number of rotatable bonds is 6. The fourth-order valence-corrected chi connectivity index (χ4v) is 2.80. The van der Waals surface area contributed by atoms with E-state index < -0.39 is 27.6 Å². The number of alkyl halides is 3. The Hall–Kier alpha value is -1.08. The lowest BCUT2D eigenvalue weighted by atomic mass is 9.97. The van der Waals surface area contributed by atoms with E-state index in [4.69, 9.17) is 5.73 Å². The van der Waals surface area contributed by atoms with Gasteiger partial charge in [-0.05, 0) is 24.5 Å². The lowest BCUT2D eigenvalue weighted by molar-refractivity contribution is -0.138. The standard InChI is InChI=1S/C13H18F3NO2S/c1-2-20(18,19)9-5-8-12(17)10-6-3-4-7-11(10)13(14,15)16/h3-4,6-7,12H,2,5,8-9,17H2,1H3. The summed E-state index contributed by atoms with van der Waals surface area (Å²) >= 11 is 0. The molecule has 0 saturated heterocycles. The van der Waals surface area contributed by atoms with Gasteiger partial charge in [-0.15, -0.1) is 0 Å². The maximum atomic E-state index is 12.8. The highest BCUT2D eigenvalue weighted by Crippen LogP contribution is 2.34. The van der Waals surface area contributed by atoms with Crippen LogP contribution in [0.4, 0.5) is 13.2 Å². The molecule has 0 saturated carbocycles. The molecule has 0 radical (unpaired) electrons. The molecule has 1 aromatic rings. The largest absolute Gasteiger partial charge is 0.416 e. The van der Waals surface area contributed by atoms with Crippen molar-refractivity contribution in [2.24, 2.45) is 5.73 Å². The first-order chi connectivity index (χ1) is 9.17. The van der Waals surface area contributed by atoms with E-state index >= 15 is 0 Å². The molecule has 0 aliphatic rings. The maximum Gasteiger partial charge on any atom is 0.416 e. The van der Waals surface area contributed by atoms with Crippen LogP contribution in [0.1, 0.15) is 36.9 Å². The molecule has 1 atom stereocenters. The van der Waals surface area contributed by atoms with E-state index in [9.17, 15) is 21.6 Å². The van der Waals surface area contributed by atoms with Gasteiger partial charge >= 0.3 is 6.18 Å². The highest BCUT2D eigenvalue weighted by Gasteiger charge is 2.34. The normalized spacial score (nSPS) is 14.2. The number of benzene rings is 1. The Kier molecular flexibility index (Phi) is 5.59. The van der Waals surface area contributed by atoms with Gasteiger partial charge in [-0.1, -0.05) is 25.1 Å². The molecule has 3 nitrogen and oxygen atoms in total. The maximum absolute atomic E-state index is 12.8. The van der Waals surface area contributed by atoms with Gasteiger partial charge in [-0.25, -0.2) is 8.42 Å². The first kappa shape index (κ1) is 17.0. The summed E-state index contributed by atoms with van der Waals surface area (Å²) in [6.07, 6.45) is -4.00. The first-order valence-corrected chi connectivity index (χ1v) is 8.11. The fraction of sp³-hybridized carbons (Fsp3) is 0.538. The molecular formula is C13H18F3NO2S. The molecule has 0 bridgehead atoms. The SMILES string of the molecule is CCS(=O)(=O)CCCC(N)c1ccccc1C(F)(F)F. The van der Waals surface area contributed by atoms with Crippen LogP contribution >= 0.6 is 0 Å². The lowest BCUT2D eigenvalue weighted by Crippen LogP contribution is -2.18. The monoisotopic (exact) mass is 309 g/mol. The molecule has 2 N–H and O–H groups in total. The Labute approximate surface area is 116 Å². The summed E-state index contributed by atoms with van der Waals surface area (Å²) < 4.78 is 61.1. The first-order valence-electron chi connectivity index (χ1n) is 6.29. The third kappa shape index (κ3) is 4.79. The molecular weight excluding hydrogens is 291 g/mol. The van der Waals surface area contributed by atoms with Crippen molar-refractivity contribution >= 4 is 9.84 Å². The number of hydrogen-bond donors (Lipinski definition) is 1. The molecule has 1 unspecified atom stereocenters. The molecule has 0 aliphatic heterocycles. The summed E-state index contributed by atoms with van der Waals surface area (Å²) in [6, 6.07) is 4.30. The molecule has 1 aromatic carbocycles. The van der Waals surface area contributed by atoms with Crippen molar-refractivity contribution in [3.63, 3.8) is 0 Å². The topological polar surface area (TPSA) is 60.2 Å².